The van der Waals surface area contributed by atoms with E-state index in [-0.39, 0.29) is 55.5 Å². The first-order valence-electron chi connectivity index (χ1n) is 22.3. The van der Waals surface area contributed by atoms with Gasteiger partial charge in [0.2, 0.25) is 5.91 Å². The quantitative estimate of drug-likeness (QED) is 0.0401. The van der Waals surface area contributed by atoms with Crippen LogP contribution in [0.5, 0.6) is 0 Å². The van der Waals surface area contributed by atoms with E-state index in [9.17, 15) is 47.9 Å². The first-order valence-corrected chi connectivity index (χ1v) is 22.3. The van der Waals surface area contributed by atoms with Crippen LogP contribution in [0.3, 0.4) is 0 Å². The normalized spacial score (nSPS) is 12.5. The Morgan fingerprint density at radius 1 is 0.437 bits per heavy atom. The summed E-state index contributed by atoms with van der Waals surface area (Å²) in [7, 11) is 6.31. The molecule has 0 aromatic heterocycles. The molecule has 0 bridgehead atoms. The number of esters is 5. The van der Waals surface area contributed by atoms with Gasteiger partial charge in [0.05, 0.1) is 47.4 Å². The molecule has 0 aliphatic carbocycles. The SMILES string of the molecule is C=CC[C@H](NC(=O)c1ccccc1)C(=O)OC.COC(=O)C(CC=CC[C@H](NC(=O)c1ccccc1)C(=O)OC)CC(=O)c1ccccc1.COC(=O)[C@H](CC=CC[C@H](NC(C)=O)C(=O)OC)CC(C)=O. The highest BCUT2D eigenvalue weighted by Crippen LogP contribution is 2.17. The molecule has 0 saturated heterocycles. The smallest absolute Gasteiger partial charge is 0.328 e. The third-order valence-electron chi connectivity index (χ3n) is 9.97. The highest BCUT2D eigenvalue weighted by molar-refractivity contribution is 5.99. The summed E-state index contributed by atoms with van der Waals surface area (Å²) in [6.45, 7) is 6.25. The Bertz CT molecular complexity index is 2150. The maximum absolute atomic E-state index is 12.5. The predicted molar refractivity (Wildman–Crippen MR) is 262 cm³/mol. The van der Waals surface area contributed by atoms with Gasteiger partial charge < -0.3 is 44.4 Å². The van der Waals surface area contributed by atoms with Gasteiger partial charge in [-0.05, 0) is 63.3 Å². The number of amides is 3. The van der Waals surface area contributed by atoms with Gasteiger partial charge in [-0.2, -0.15) is 0 Å². The molecule has 0 spiro atoms. The zero-order valence-corrected chi connectivity index (χ0v) is 41.2. The van der Waals surface area contributed by atoms with Gasteiger partial charge in [0, 0.05) is 36.5 Å². The van der Waals surface area contributed by atoms with E-state index in [1.807, 2.05) is 12.1 Å². The molecule has 382 valence electrons. The molecule has 0 saturated carbocycles. The molecule has 3 rings (SSSR count). The summed E-state index contributed by atoms with van der Waals surface area (Å²) in [4.78, 5) is 117. The summed E-state index contributed by atoms with van der Waals surface area (Å²) in [6.07, 6.45) is 9.71. The summed E-state index contributed by atoms with van der Waals surface area (Å²) in [5.74, 6) is -5.04. The maximum Gasteiger partial charge on any atom is 0.328 e. The fourth-order valence-corrected chi connectivity index (χ4v) is 6.30. The van der Waals surface area contributed by atoms with Gasteiger partial charge in [0.1, 0.15) is 23.9 Å². The van der Waals surface area contributed by atoms with Crippen LogP contribution < -0.4 is 16.0 Å². The van der Waals surface area contributed by atoms with Crippen molar-refractivity contribution in [2.45, 2.75) is 76.9 Å². The van der Waals surface area contributed by atoms with E-state index < -0.39 is 65.7 Å². The number of carbonyl (C=O) groups excluding carboxylic acids is 10. The van der Waals surface area contributed by atoms with E-state index in [0.29, 0.717) is 29.5 Å². The highest BCUT2D eigenvalue weighted by atomic mass is 16.5. The van der Waals surface area contributed by atoms with Gasteiger partial charge in [-0.25, -0.2) is 14.4 Å². The molecule has 5 atom stereocenters. The van der Waals surface area contributed by atoms with Crippen molar-refractivity contribution in [2.24, 2.45) is 11.8 Å². The number of ketones is 2. The molecule has 0 radical (unpaired) electrons. The lowest BCUT2D eigenvalue weighted by atomic mass is 9.95. The number of methoxy groups -OCH3 is 5. The number of hydrogen-bond donors (Lipinski definition) is 3. The molecular weight excluding hydrogens is 919 g/mol. The molecule has 1 unspecified atom stereocenters. The molecule has 0 fully saturated rings. The fourth-order valence-electron chi connectivity index (χ4n) is 6.30. The largest absolute Gasteiger partial charge is 0.469 e. The van der Waals surface area contributed by atoms with Crippen LogP contribution in [-0.4, -0.2) is 113 Å². The summed E-state index contributed by atoms with van der Waals surface area (Å²) >= 11 is 0. The van der Waals surface area contributed by atoms with Crippen LogP contribution in [0.25, 0.3) is 0 Å². The first kappa shape index (κ1) is 61.0. The van der Waals surface area contributed by atoms with Crippen LogP contribution in [0.4, 0.5) is 0 Å². The Balaban J connectivity index is 0.000000564. The summed E-state index contributed by atoms with van der Waals surface area (Å²) < 4.78 is 23.4. The maximum atomic E-state index is 12.5. The minimum absolute atomic E-state index is 0.00615. The molecule has 3 amide bonds. The van der Waals surface area contributed by atoms with Crippen molar-refractivity contribution < 1.29 is 71.6 Å². The second kappa shape index (κ2) is 35.1. The van der Waals surface area contributed by atoms with Crippen LogP contribution in [0.2, 0.25) is 0 Å². The molecule has 71 heavy (non-hydrogen) atoms. The number of nitrogens with one attached hydrogen (secondary N) is 3. The minimum Gasteiger partial charge on any atom is -0.469 e. The summed E-state index contributed by atoms with van der Waals surface area (Å²) in [5, 5.41) is 7.72. The third-order valence-corrected chi connectivity index (χ3v) is 9.97. The van der Waals surface area contributed by atoms with E-state index >= 15 is 0 Å². The van der Waals surface area contributed by atoms with E-state index in [1.54, 1.807) is 109 Å². The van der Waals surface area contributed by atoms with Crippen molar-refractivity contribution in [3.05, 3.63) is 145 Å². The van der Waals surface area contributed by atoms with Crippen LogP contribution >= 0.6 is 0 Å². The second-order valence-corrected chi connectivity index (χ2v) is 15.4. The van der Waals surface area contributed by atoms with Crippen LogP contribution in [0, 0.1) is 11.8 Å². The Morgan fingerprint density at radius 2 is 0.761 bits per heavy atom. The molecule has 0 heterocycles. The number of rotatable bonds is 25. The Hall–Kier alpha value is -8.02. The minimum atomic E-state index is -0.883. The predicted octanol–water partition coefficient (Wildman–Crippen LogP) is 5.66. The van der Waals surface area contributed by atoms with Gasteiger partial charge in [0.15, 0.2) is 5.78 Å². The number of hydrogen-bond acceptors (Lipinski definition) is 15. The van der Waals surface area contributed by atoms with E-state index in [4.69, 9.17) is 9.47 Å². The molecule has 18 heteroatoms. The van der Waals surface area contributed by atoms with Crippen LogP contribution in [0.1, 0.15) is 89.9 Å². The van der Waals surface area contributed by atoms with Crippen molar-refractivity contribution in [2.75, 3.05) is 35.5 Å². The topological polar surface area (TPSA) is 253 Å². The lowest BCUT2D eigenvalue weighted by molar-refractivity contribution is -0.147. The lowest BCUT2D eigenvalue weighted by Gasteiger charge is -2.15. The van der Waals surface area contributed by atoms with E-state index in [0.717, 1.165) is 0 Å². The van der Waals surface area contributed by atoms with Gasteiger partial charge >= 0.3 is 29.8 Å². The van der Waals surface area contributed by atoms with Crippen LogP contribution in [-0.2, 0) is 57.2 Å². The molecule has 3 aromatic rings. The number of benzene rings is 3. The zero-order chi connectivity index (χ0) is 53.1. The number of ether oxygens (including phenoxy) is 5. The molecule has 3 N–H and O–H groups in total. The first-order chi connectivity index (χ1) is 34.0. The summed E-state index contributed by atoms with van der Waals surface area (Å²) in [6, 6.07) is 23.6. The van der Waals surface area contributed by atoms with Gasteiger partial charge in [0.25, 0.3) is 11.8 Å². The molecule has 3 aromatic carbocycles. The molecule has 0 aliphatic heterocycles. The Morgan fingerprint density at radius 3 is 1.10 bits per heavy atom. The average Bonchev–Trinajstić information content (AvgIpc) is 3.38. The van der Waals surface area contributed by atoms with E-state index in [1.165, 1.54) is 49.4 Å². The average molecular weight is 984 g/mol. The monoisotopic (exact) mass is 983 g/mol. The Kier molecular flexibility index (Phi) is 30.2. The Labute approximate surface area is 414 Å². The van der Waals surface area contributed by atoms with E-state index in [2.05, 4.69) is 36.7 Å². The second-order valence-electron chi connectivity index (χ2n) is 15.4. The zero-order valence-electron chi connectivity index (χ0n) is 41.2. The standard InChI is InChI=1S/C25H27NO6.C15H23NO6.C13H15NO3/c1-31-24(29)20(17-22(27)18-11-5-3-6-12-18)15-9-10-16-21(25(30)32-2)26-23(28)19-13-7-4-8-14-19;1-10(17)9-12(14(19)21-3)7-5-6-8-13(15(20)22-4)16-11(2)18;1-3-7-11(13(16)17-2)14-12(15)10-8-5-4-6-9-10/h3-14,20-21H,15-17H2,1-2H3,(H,26,28);5-6,12-13H,7-9H2,1-4H3,(H,16,18);3-6,8-9,11H,1,7H2,2H3,(H,14,15)/t20?,21-;12-,13+;11-/m010/s1. The molecule has 0 aliphatic rings. The van der Waals surface area contributed by atoms with Crippen molar-refractivity contribution in [1.29, 1.82) is 0 Å². The van der Waals surface area contributed by atoms with Crippen LogP contribution in [0.15, 0.2) is 128 Å². The lowest BCUT2D eigenvalue weighted by Crippen LogP contribution is -2.41. The highest BCUT2D eigenvalue weighted by Gasteiger charge is 2.25. The van der Waals surface area contributed by atoms with Gasteiger partial charge in [-0.15, -0.1) is 6.58 Å². The number of allylic oxidation sites excluding steroid dienone is 2. The molecular formula is C53H65N3O15. The third kappa shape index (κ3) is 24.7. The van der Waals surface area contributed by atoms with Gasteiger partial charge in [-0.1, -0.05) is 97.1 Å². The van der Waals surface area contributed by atoms with Crippen molar-refractivity contribution in [1.82, 2.24) is 16.0 Å². The summed E-state index contributed by atoms with van der Waals surface area (Å²) in [5.41, 5.74) is 1.46. The van der Waals surface area contributed by atoms with Crippen molar-refractivity contribution in [3.8, 4) is 0 Å². The van der Waals surface area contributed by atoms with Crippen molar-refractivity contribution >= 4 is 59.1 Å². The molecule has 18 nitrogen and oxygen atoms in total. The fraction of sp³-hybridized carbons (Fsp3) is 0.358. The number of carbonyl (C=O) groups is 10. The van der Waals surface area contributed by atoms with Gasteiger partial charge in [-0.3, -0.25) is 28.8 Å². The number of Topliss-reactive ketones (excluding diaryl/α,β-unsaturated/α-hetero) is 2. The van der Waals surface area contributed by atoms with Crippen molar-refractivity contribution in [3.63, 3.8) is 0 Å².